The highest BCUT2D eigenvalue weighted by atomic mass is 79.9. The predicted molar refractivity (Wildman–Crippen MR) is 64.7 cm³/mol. The largest absolute Gasteiger partial charge is 1.00 e. The second-order valence-electron chi connectivity index (χ2n) is 4.54. The summed E-state index contributed by atoms with van der Waals surface area (Å²) in [5, 5.41) is 0. The summed E-state index contributed by atoms with van der Waals surface area (Å²) in [6.45, 7) is 5.88. The van der Waals surface area contributed by atoms with Crippen LogP contribution in [0.5, 0.6) is 0 Å². The molecular weight excluding hydrogens is 262 g/mol. The fourth-order valence-electron chi connectivity index (χ4n) is 2.32. The fourth-order valence-corrected chi connectivity index (χ4v) is 2.32. The van der Waals surface area contributed by atoms with Crippen LogP contribution in [0.15, 0.2) is 24.3 Å². The Balaban J connectivity index is 0.00000128. The van der Waals surface area contributed by atoms with Gasteiger partial charge in [-0.2, -0.15) is 0 Å². The highest BCUT2D eigenvalue weighted by molar-refractivity contribution is 5.30. The van der Waals surface area contributed by atoms with E-state index in [1.165, 1.54) is 56.4 Å². The van der Waals surface area contributed by atoms with Gasteiger partial charge in [0, 0.05) is 13.1 Å². The Morgan fingerprint density at radius 1 is 1.00 bits per heavy atom. The second kappa shape index (κ2) is 7.08. The van der Waals surface area contributed by atoms with Gasteiger partial charge in [0.2, 0.25) is 0 Å². The predicted octanol–water partition coefficient (Wildman–Crippen LogP) is 0.587. The Morgan fingerprint density at radius 2 is 1.62 bits per heavy atom. The first-order valence-electron chi connectivity index (χ1n) is 6.19. The van der Waals surface area contributed by atoms with Crippen LogP contribution in [0.4, 0.5) is 0 Å². The van der Waals surface area contributed by atoms with Crippen molar-refractivity contribution in [1.29, 1.82) is 0 Å². The normalized spacial score (nSPS) is 14.6. The van der Waals surface area contributed by atoms with Crippen molar-refractivity contribution in [2.75, 3.05) is 6.54 Å². The van der Waals surface area contributed by atoms with E-state index in [1.807, 2.05) is 0 Å². The Kier molecular flexibility index (Phi) is 6.07. The topological polar surface area (TPSA) is 3.24 Å². The molecule has 16 heavy (non-hydrogen) atoms. The van der Waals surface area contributed by atoms with Gasteiger partial charge in [-0.25, -0.2) is 0 Å². The quantitative estimate of drug-likeness (QED) is 0.715. The minimum atomic E-state index is 0. The number of benzene rings is 1. The molecule has 0 atom stereocenters. The third-order valence-corrected chi connectivity index (χ3v) is 3.23. The Hall–Kier alpha value is -0.340. The van der Waals surface area contributed by atoms with Crippen molar-refractivity contribution in [2.24, 2.45) is 0 Å². The molecule has 0 aliphatic carbocycles. The standard InChI is InChI=1S/C14H21N.BrH/c1-2-3-4-7-10-15-11-13-8-5-6-9-14(13)12-15;/h5-6,8-9H,2-4,7,10-12H2,1H3;1H/p-1. The second-order valence-corrected chi connectivity index (χ2v) is 4.54. The summed E-state index contributed by atoms with van der Waals surface area (Å²) in [5.41, 5.74) is 3.07. The van der Waals surface area contributed by atoms with E-state index < -0.39 is 0 Å². The zero-order valence-electron chi connectivity index (χ0n) is 10.1. The molecule has 0 aromatic heterocycles. The maximum atomic E-state index is 2.57. The lowest BCUT2D eigenvalue weighted by Gasteiger charge is -2.13. The molecule has 0 unspecified atom stereocenters. The average Bonchev–Trinajstić information content (AvgIpc) is 2.67. The van der Waals surface area contributed by atoms with Crippen molar-refractivity contribution >= 4 is 0 Å². The molecule has 1 aromatic carbocycles. The van der Waals surface area contributed by atoms with Crippen LogP contribution in [0.2, 0.25) is 0 Å². The third kappa shape index (κ3) is 3.60. The van der Waals surface area contributed by atoms with E-state index in [-0.39, 0.29) is 17.0 Å². The van der Waals surface area contributed by atoms with Crippen LogP contribution in [0.3, 0.4) is 0 Å². The molecule has 1 nitrogen and oxygen atoms in total. The molecule has 1 aliphatic heterocycles. The Labute approximate surface area is 110 Å². The highest BCUT2D eigenvalue weighted by Crippen LogP contribution is 2.22. The van der Waals surface area contributed by atoms with Crippen LogP contribution in [0, 0.1) is 0 Å². The molecule has 1 aromatic rings. The summed E-state index contributed by atoms with van der Waals surface area (Å²) in [7, 11) is 0. The molecule has 0 fully saturated rings. The summed E-state index contributed by atoms with van der Waals surface area (Å²) in [5.74, 6) is 0. The average molecular weight is 283 g/mol. The SMILES string of the molecule is CCCCCCN1Cc2ccccc2C1.[Br-]. The van der Waals surface area contributed by atoms with Gasteiger partial charge >= 0.3 is 0 Å². The minimum absolute atomic E-state index is 0. The first-order chi connectivity index (χ1) is 7.40. The van der Waals surface area contributed by atoms with Crippen molar-refractivity contribution < 1.29 is 17.0 Å². The summed E-state index contributed by atoms with van der Waals surface area (Å²) in [6, 6.07) is 8.83. The summed E-state index contributed by atoms with van der Waals surface area (Å²) >= 11 is 0. The van der Waals surface area contributed by atoms with Crippen molar-refractivity contribution in [3.63, 3.8) is 0 Å². The molecule has 0 spiro atoms. The number of hydrogen-bond acceptors (Lipinski definition) is 1. The van der Waals surface area contributed by atoms with E-state index in [9.17, 15) is 0 Å². The lowest BCUT2D eigenvalue weighted by atomic mass is 10.1. The summed E-state index contributed by atoms with van der Waals surface area (Å²) < 4.78 is 0. The molecule has 2 rings (SSSR count). The lowest BCUT2D eigenvalue weighted by Crippen LogP contribution is -3.00. The van der Waals surface area contributed by atoms with Crippen molar-refractivity contribution in [2.45, 2.75) is 45.7 Å². The van der Waals surface area contributed by atoms with Gasteiger partial charge in [0.05, 0.1) is 0 Å². The first-order valence-corrected chi connectivity index (χ1v) is 6.19. The first kappa shape index (κ1) is 13.7. The zero-order valence-corrected chi connectivity index (χ0v) is 11.7. The molecule has 0 radical (unpaired) electrons. The van der Waals surface area contributed by atoms with Gasteiger partial charge in [0.1, 0.15) is 0 Å². The van der Waals surface area contributed by atoms with Gasteiger partial charge < -0.3 is 17.0 Å². The van der Waals surface area contributed by atoms with Crippen LogP contribution >= 0.6 is 0 Å². The number of nitrogens with zero attached hydrogens (tertiary/aromatic N) is 1. The Bertz CT molecular complexity index is 286. The number of unbranched alkanes of at least 4 members (excludes halogenated alkanes) is 3. The summed E-state index contributed by atoms with van der Waals surface area (Å²) in [4.78, 5) is 2.57. The minimum Gasteiger partial charge on any atom is -1.00 e. The third-order valence-electron chi connectivity index (χ3n) is 3.23. The molecule has 1 aliphatic rings. The van der Waals surface area contributed by atoms with Crippen molar-refractivity contribution in [3.8, 4) is 0 Å². The van der Waals surface area contributed by atoms with Crippen molar-refractivity contribution in [3.05, 3.63) is 35.4 Å². The number of fused-ring (bicyclic) bond motifs is 1. The monoisotopic (exact) mass is 282 g/mol. The number of halogens is 1. The van der Waals surface area contributed by atoms with Crippen LogP contribution in [-0.2, 0) is 13.1 Å². The maximum Gasteiger partial charge on any atom is 0.0240 e. The van der Waals surface area contributed by atoms with Crippen molar-refractivity contribution in [1.82, 2.24) is 4.90 Å². The Morgan fingerprint density at radius 3 is 2.19 bits per heavy atom. The van der Waals surface area contributed by atoms with E-state index in [0.717, 1.165) is 0 Å². The number of hydrogen-bond donors (Lipinski definition) is 0. The molecule has 0 saturated carbocycles. The molecule has 2 heteroatoms. The van der Waals surface area contributed by atoms with Gasteiger partial charge in [-0.3, -0.25) is 4.90 Å². The smallest absolute Gasteiger partial charge is 0.0240 e. The maximum absolute atomic E-state index is 2.57. The molecule has 1 heterocycles. The molecule has 0 amide bonds. The van der Waals surface area contributed by atoms with E-state index in [1.54, 1.807) is 0 Å². The van der Waals surface area contributed by atoms with E-state index in [2.05, 4.69) is 36.1 Å². The van der Waals surface area contributed by atoms with Crippen LogP contribution in [-0.4, -0.2) is 11.4 Å². The molecular formula is C14H21BrN-. The van der Waals surface area contributed by atoms with E-state index >= 15 is 0 Å². The van der Waals surface area contributed by atoms with Crippen LogP contribution < -0.4 is 17.0 Å². The molecule has 0 N–H and O–H groups in total. The van der Waals surface area contributed by atoms with Gasteiger partial charge in [-0.15, -0.1) is 0 Å². The molecule has 90 valence electrons. The molecule has 0 saturated heterocycles. The molecule has 0 bridgehead atoms. The van der Waals surface area contributed by atoms with Gasteiger partial charge in [0.25, 0.3) is 0 Å². The van der Waals surface area contributed by atoms with Gasteiger partial charge in [-0.05, 0) is 24.1 Å². The van der Waals surface area contributed by atoms with Gasteiger partial charge in [-0.1, -0.05) is 50.5 Å². The zero-order chi connectivity index (χ0) is 10.5. The lowest BCUT2D eigenvalue weighted by molar-refractivity contribution is -0.00000322. The summed E-state index contributed by atoms with van der Waals surface area (Å²) in [6.07, 6.45) is 5.48. The highest BCUT2D eigenvalue weighted by Gasteiger charge is 2.16. The van der Waals surface area contributed by atoms with Crippen LogP contribution in [0.1, 0.15) is 43.7 Å². The van der Waals surface area contributed by atoms with Gasteiger partial charge in [0.15, 0.2) is 0 Å². The van der Waals surface area contributed by atoms with E-state index in [4.69, 9.17) is 0 Å². The van der Waals surface area contributed by atoms with E-state index in [0.29, 0.717) is 0 Å². The fraction of sp³-hybridized carbons (Fsp3) is 0.571. The number of rotatable bonds is 5. The van der Waals surface area contributed by atoms with Crippen LogP contribution in [0.25, 0.3) is 0 Å².